The summed E-state index contributed by atoms with van der Waals surface area (Å²) in [6.45, 7) is 0.652. The molecule has 7 heteroatoms. The fourth-order valence-electron chi connectivity index (χ4n) is 2.30. The van der Waals surface area contributed by atoms with Gasteiger partial charge in [0.2, 0.25) is 5.95 Å². The molecule has 96 valence electrons. The largest absolute Gasteiger partial charge is 0.463 e. The summed E-state index contributed by atoms with van der Waals surface area (Å²) in [4.78, 5) is 8.02. The summed E-state index contributed by atoms with van der Waals surface area (Å²) in [5.74, 6) is 0.776. The molecule has 0 spiro atoms. The van der Waals surface area contributed by atoms with Crippen LogP contribution in [0.15, 0.2) is 6.20 Å². The highest BCUT2D eigenvalue weighted by Gasteiger charge is 2.18. The van der Waals surface area contributed by atoms with Crippen LogP contribution in [0.1, 0.15) is 25.7 Å². The Morgan fingerprint density at radius 3 is 3.00 bits per heavy atom. The van der Waals surface area contributed by atoms with Gasteiger partial charge in [-0.15, -0.1) is 5.10 Å². The number of nitrogens with zero attached hydrogens (tertiary/aromatic N) is 4. The molecule has 2 heterocycles. The van der Waals surface area contributed by atoms with E-state index in [1.165, 1.54) is 30.2 Å². The Bertz CT molecular complexity index is 564. The number of anilines is 1. The van der Waals surface area contributed by atoms with E-state index in [0.29, 0.717) is 29.2 Å². The smallest absolute Gasteiger partial charge is 0.319 e. The van der Waals surface area contributed by atoms with Crippen molar-refractivity contribution in [3.05, 3.63) is 11.3 Å². The first-order valence-corrected chi connectivity index (χ1v) is 6.41. The van der Waals surface area contributed by atoms with E-state index in [9.17, 15) is 0 Å². The van der Waals surface area contributed by atoms with Gasteiger partial charge < -0.3 is 10.5 Å². The van der Waals surface area contributed by atoms with Crippen LogP contribution >= 0.6 is 11.6 Å². The molecule has 0 radical (unpaired) electrons. The molecule has 2 aromatic rings. The SMILES string of the molecule is Nc1ncc2c(Cl)nc(OCC3CCCC3)n2n1. The Morgan fingerprint density at radius 1 is 1.44 bits per heavy atom. The third kappa shape index (κ3) is 2.08. The number of halogens is 1. The van der Waals surface area contributed by atoms with E-state index in [2.05, 4.69) is 15.1 Å². The quantitative estimate of drug-likeness (QED) is 0.919. The van der Waals surface area contributed by atoms with Gasteiger partial charge in [0, 0.05) is 0 Å². The number of ether oxygens (including phenoxy) is 1. The monoisotopic (exact) mass is 267 g/mol. The molecule has 1 aliphatic carbocycles. The van der Waals surface area contributed by atoms with E-state index >= 15 is 0 Å². The summed E-state index contributed by atoms with van der Waals surface area (Å²) >= 11 is 5.99. The highest BCUT2D eigenvalue weighted by Crippen LogP contribution is 2.26. The molecule has 0 atom stereocenters. The minimum absolute atomic E-state index is 0.169. The fraction of sp³-hybridized carbons (Fsp3) is 0.545. The fourth-order valence-corrected chi connectivity index (χ4v) is 2.50. The second-order valence-corrected chi connectivity index (χ2v) is 4.92. The van der Waals surface area contributed by atoms with E-state index in [1.807, 2.05) is 0 Å². The molecule has 1 fully saturated rings. The van der Waals surface area contributed by atoms with Gasteiger partial charge in [-0.1, -0.05) is 24.4 Å². The number of nitrogens with two attached hydrogens (primary N) is 1. The summed E-state index contributed by atoms with van der Waals surface area (Å²) in [6.07, 6.45) is 6.54. The number of imidazole rings is 1. The standard InChI is InChI=1S/C11H14ClN5O/c12-9-8-5-14-10(13)16-17(8)11(15-9)18-6-7-3-1-2-4-7/h5,7H,1-4,6H2,(H2,13,16). The average molecular weight is 268 g/mol. The number of hydrogen-bond donors (Lipinski definition) is 1. The van der Waals surface area contributed by atoms with Crippen molar-refractivity contribution in [2.75, 3.05) is 12.3 Å². The summed E-state index contributed by atoms with van der Waals surface area (Å²) in [5, 5.41) is 4.38. The van der Waals surface area contributed by atoms with Crippen molar-refractivity contribution in [3.8, 4) is 6.01 Å². The van der Waals surface area contributed by atoms with Crippen molar-refractivity contribution in [1.29, 1.82) is 0 Å². The molecule has 2 N–H and O–H groups in total. The minimum Gasteiger partial charge on any atom is -0.463 e. The van der Waals surface area contributed by atoms with Crippen molar-refractivity contribution >= 4 is 23.1 Å². The molecule has 1 saturated carbocycles. The van der Waals surface area contributed by atoms with Crippen molar-refractivity contribution in [1.82, 2.24) is 19.6 Å². The maximum atomic E-state index is 5.99. The lowest BCUT2D eigenvalue weighted by molar-refractivity contribution is 0.230. The highest BCUT2D eigenvalue weighted by molar-refractivity contribution is 6.32. The molecule has 0 amide bonds. The Morgan fingerprint density at radius 2 is 2.22 bits per heavy atom. The van der Waals surface area contributed by atoms with Crippen LogP contribution in [0.4, 0.5) is 5.95 Å². The summed E-state index contributed by atoms with van der Waals surface area (Å²) < 4.78 is 7.20. The molecule has 0 bridgehead atoms. The van der Waals surface area contributed by atoms with E-state index < -0.39 is 0 Å². The Kier molecular flexibility index (Phi) is 2.95. The first-order valence-electron chi connectivity index (χ1n) is 6.03. The predicted octanol–water partition coefficient (Wildman–Crippen LogP) is 1.93. The van der Waals surface area contributed by atoms with Gasteiger partial charge in [-0.3, -0.25) is 0 Å². The number of rotatable bonds is 3. The number of fused-ring (bicyclic) bond motifs is 1. The van der Waals surface area contributed by atoms with Gasteiger partial charge >= 0.3 is 6.01 Å². The molecular weight excluding hydrogens is 254 g/mol. The molecule has 3 rings (SSSR count). The summed E-state index contributed by atoms with van der Waals surface area (Å²) in [6, 6.07) is 0.385. The van der Waals surface area contributed by atoms with Gasteiger partial charge in [-0.2, -0.15) is 9.50 Å². The maximum Gasteiger partial charge on any atom is 0.319 e. The zero-order valence-corrected chi connectivity index (χ0v) is 10.6. The molecule has 0 saturated heterocycles. The normalized spacial score (nSPS) is 16.5. The average Bonchev–Trinajstić information content (AvgIpc) is 2.95. The van der Waals surface area contributed by atoms with Gasteiger partial charge in [-0.25, -0.2) is 4.98 Å². The second-order valence-electron chi connectivity index (χ2n) is 4.56. The van der Waals surface area contributed by atoms with Crippen LogP contribution < -0.4 is 10.5 Å². The molecule has 2 aromatic heterocycles. The second kappa shape index (κ2) is 4.61. The molecule has 0 aliphatic heterocycles. The lowest BCUT2D eigenvalue weighted by atomic mass is 10.1. The number of aromatic nitrogens is 4. The maximum absolute atomic E-state index is 5.99. The van der Waals surface area contributed by atoms with Crippen LogP contribution in [0, 0.1) is 5.92 Å². The van der Waals surface area contributed by atoms with E-state index in [0.717, 1.165) is 0 Å². The van der Waals surface area contributed by atoms with Gasteiger partial charge in [0.25, 0.3) is 0 Å². The van der Waals surface area contributed by atoms with Crippen molar-refractivity contribution in [3.63, 3.8) is 0 Å². The molecule has 0 unspecified atom stereocenters. The first kappa shape index (κ1) is 11.5. The van der Waals surface area contributed by atoms with Crippen LogP contribution in [0.2, 0.25) is 5.15 Å². The van der Waals surface area contributed by atoms with E-state index in [-0.39, 0.29) is 5.95 Å². The Hall–Kier alpha value is -1.56. The van der Waals surface area contributed by atoms with Crippen LogP contribution in [0.25, 0.3) is 5.52 Å². The first-order chi connectivity index (χ1) is 8.74. The lowest BCUT2D eigenvalue weighted by Gasteiger charge is -2.09. The van der Waals surface area contributed by atoms with Crippen molar-refractivity contribution in [2.24, 2.45) is 5.92 Å². The van der Waals surface area contributed by atoms with Crippen molar-refractivity contribution < 1.29 is 4.74 Å². The number of hydrogen-bond acceptors (Lipinski definition) is 5. The molecular formula is C11H14ClN5O. The minimum atomic E-state index is 0.169. The zero-order valence-electron chi connectivity index (χ0n) is 9.84. The highest BCUT2D eigenvalue weighted by atomic mass is 35.5. The van der Waals surface area contributed by atoms with E-state index in [4.69, 9.17) is 22.1 Å². The molecule has 18 heavy (non-hydrogen) atoms. The van der Waals surface area contributed by atoms with Crippen LogP contribution in [0.5, 0.6) is 6.01 Å². The predicted molar refractivity (Wildman–Crippen MR) is 67.7 cm³/mol. The van der Waals surface area contributed by atoms with Gasteiger partial charge in [0.1, 0.15) is 5.52 Å². The zero-order chi connectivity index (χ0) is 12.5. The van der Waals surface area contributed by atoms with Crippen LogP contribution in [-0.4, -0.2) is 26.2 Å². The van der Waals surface area contributed by atoms with Gasteiger partial charge in [0.05, 0.1) is 12.8 Å². The summed E-state index contributed by atoms with van der Waals surface area (Å²) in [7, 11) is 0. The third-order valence-corrected chi connectivity index (χ3v) is 3.54. The van der Waals surface area contributed by atoms with Crippen LogP contribution in [-0.2, 0) is 0 Å². The van der Waals surface area contributed by atoms with Crippen molar-refractivity contribution in [2.45, 2.75) is 25.7 Å². The molecule has 0 aromatic carbocycles. The Balaban J connectivity index is 1.84. The van der Waals surface area contributed by atoms with E-state index in [1.54, 1.807) is 6.20 Å². The van der Waals surface area contributed by atoms with Crippen LogP contribution in [0.3, 0.4) is 0 Å². The third-order valence-electron chi connectivity index (χ3n) is 3.26. The van der Waals surface area contributed by atoms with Gasteiger partial charge in [-0.05, 0) is 18.8 Å². The molecule has 1 aliphatic rings. The Labute approximate surface area is 109 Å². The van der Waals surface area contributed by atoms with Gasteiger partial charge in [0.15, 0.2) is 5.15 Å². The summed E-state index contributed by atoms with van der Waals surface area (Å²) in [5.41, 5.74) is 6.15. The lowest BCUT2D eigenvalue weighted by Crippen LogP contribution is -2.11. The number of nitrogen functional groups attached to an aromatic ring is 1. The molecule has 6 nitrogen and oxygen atoms in total. The topological polar surface area (TPSA) is 78.3 Å².